The van der Waals surface area contributed by atoms with E-state index in [1.165, 1.54) is 12.8 Å². The first-order valence-electron chi connectivity index (χ1n) is 7.73. The van der Waals surface area contributed by atoms with Crippen LogP contribution in [0.5, 0.6) is 0 Å². The lowest BCUT2D eigenvalue weighted by Crippen LogP contribution is -2.28. The number of hydrogen-bond acceptors (Lipinski definition) is 3. The van der Waals surface area contributed by atoms with Gasteiger partial charge in [0.2, 0.25) is 5.91 Å². The van der Waals surface area contributed by atoms with Gasteiger partial charge in [0.15, 0.2) is 0 Å². The third kappa shape index (κ3) is 5.82. The van der Waals surface area contributed by atoms with Crippen LogP contribution >= 0.6 is 40.7 Å². The lowest BCUT2D eigenvalue weighted by Gasteiger charge is -2.17. The van der Waals surface area contributed by atoms with E-state index < -0.39 is 0 Å². The fraction of sp³-hybridized carbons (Fsp3) is 0.562. The SMILES string of the molecule is Cl.Cl.N[C@@H]1CCC[C@H]1CC(=O)Nc1cc(Br)ccc1NC1CC1. The van der Waals surface area contributed by atoms with Crippen LogP contribution in [0.15, 0.2) is 22.7 Å². The Morgan fingerprint density at radius 3 is 2.52 bits per heavy atom. The topological polar surface area (TPSA) is 67.2 Å². The molecule has 23 heavy (non-hydrogen) atoms. The number of nitrogens with one attached hydrogen (secondary N) is 2. The Labute approximate surface area is 158 Å². The summed E-state index contributed by atoms with van der Waals surface area (Å²) in [5.41, 5.74) is 7.91. The zero-order valence-corrected chi connectivity index (χ0v) is 16.1. The highest BCUT2D eigenvalue weighted by molar-refractivity contribution is 9.10. The van der Waals surface area contributed by atoms with E-state index in [0.29, 0.717) is 18.4 Å². The highest BCUT2D eigenvalue weighted by Gasteiger charge is 2.27. The lowest BCUT2D eigenvalue weighted by atomic mass is 10.00. The second kappa shape index (κ2) is 9.11. The Kier molecular flexibility index (Phi) is 8.14. The van der Waals surface area contributed by atoms with Crippen LogP contribution in [0.3, 0.4) is 0 Å². The maximum atomic E-state index is 12.3. The number of amides is 1. The molecule has 3 rings (SSSR count). The lowest BCUT2D eigenvalue weighted by molar-refractivity contribution is -0.117. The van der Waals surface area contributed by atoms with Gasteiger partial charge in [0.25, 0.3) is 0 Å². The van der Waals surface area contributed by atoms with Crippen molar-refractivity contribution in [2.45, 2.75) is 50.6 Å². The van der Waals surface area contributed by atoms with E-state index in [1.54, 1.807) is 0 Å². The predicted molar refractivity (Wildman–Crippen MR) is 104 cm³/mol. The molecule has 0 saturated heterocycles. The van der Waals surface area contributed by atoms with Crippen LogP contribution in [-0.4, -0.2) is 18.0 Å². The molecule has 0 heterocycles. The number of hydrogen-bond donors (Lipinski definition) is 3. The molecule has 2 fully saturated rings. The quantitative estimate of drug-likeness (QED) is 0.659. The van der Waals surface area contributed by atoms with Gasteiger partial charge in [-0.3, -0.25) is 4.79 Å². The van der Waals surface area contributed by atoms with Gasteiger partial charge in [0, 0.05) is 23.0 Å². The highest BCUT2D eigenvalue weighted by Crippen LogP contribution is 2.32. The largest absolute Gasteiger partial charge is 0.381 e. The van der Waals surface area contributed by atoms with Crippen LogP contribution in [0, 0.1) is 5.92 Å². The number of rotatable bonds is 5. The average molecular weight is 425 g/mol. The Hall–Kier alpha value is -0.490. The molecule has 0 bridgehead atoms. The average Bonchev–Trinajstić information content (AvgIpc) is 3.17. The Balaban J connectivity index is 0.00000132. The van der Waals surface area contributed by atoms with E-state index in [0.717, 1.165) is 35.1 Å². The second-order valence-electron chi connectivity index (χ2n) is 6.22. The summed E-state index contributed by atoms with van der Waals surface area (Å²) in [5, 5.41) is 6.50. The van der Waals surface area contributed by atoms with E-state index >= 15 is 0 Å². The first-order chi connectivity index (χ1) is 10.1. The summed E-state index contributed by atoms with van der Waals surface area (Å²) >= 11 is 3.47. The van der Waals surface area contributed by atoms with Gasteiger partial charge in [-0.05, 0) is 49.8 Å². The summed E-state index contributed by atoms with van der Waals surface area (Å²) in [4.78, 5) is 12.3. The van der Waals surface area contributed by atoms with Gasteiger partial charge in [-0.25, -0.2) is 0 Å². The number of halogens is 3. The molecule has 0 radical (unpaired) electrons. The summed E-state index contributed by atoms with van der Waals surface area (Å²) in [6, 6.07) is 6.71. The Morgan fingerprint density at radius 2 is 1.91 bits per heavy atom. The van der Waals surface area contributed by atoms with Crippen LogP contribution in [0.2, 0.25) is 0 Å². The highest BCUT2D eigenvalue weighted by atomic mass is 79.9. The molecule has 0 aromatic heterocycles. The fourth-order valence-electron chi connectivity index (χ4n) is 2.95. The monoisotopic (exact) mass is 423 g/mol. The summed E-state index contributed by atoms with van der Waals surface area (Å²) in [6.07, 6.45) is 6.20. The minimum Gasteiger partial charge on any atom is -0.381 e. The third-order valence-electron chi connectivity index (χ3n) is 4.36. The van der Waals surface area contributed by atoms with E-state index in [4.69, 9.17) is 5.73 Å². The third-order valence-corrected chi connectivity index (χ3v) is 4.85. The van der Waals surface area contributed by atoms with Crippen LogP contribution in [-0.2, 0) is 4.79 Å². The van der Waals surface area contributed by atoms with Crippen molar-refractivity contribution in [2.75, 3.05) is 10.6 Å². The number of carbonyl (C=O) groups is 1. The molecule has 1 aromatic carbocycles. The van der Waals surface area contributed by atoms with Crippen molar-refractivity contribution in [1.29, 1.82) is 0 Å². The Bertz CT molecular complexity index is 540. The standard InChI is InChI=1S/C16H22BrN3O.2ClH/c17-11-4-7-14(19-12-5-6-12)15(9-11)20-16(21)8-10-2-1-3-13(10)18;;/h4,7,9-10,12-13,19H,1-3,5-6,8,18H2,(H,20,21);2*1H/t10-,13+;;/m0../s1. The van der Waals surface area contributed by atoms with E-state index in [2.05, 4.69) is 26.6 Å². The number of carbonyl (C=O) groups excluding carboxylic acids is 1. The molecule has 2 aliphatic rings. The summed E-state index contributed by atoms with van der Waals surface area (Å²) in [7, 11) is 0. The number of anilines is 2. The molecule has 0 aliphatic heterocycles. The van der Waals surface area contributed by atoms with Crippen molar-refractivity contribution in [3.63, 3.8) is 0 Å². The minimum absolute atomic E-state index is 0. The molecule has 1 aromatic rings. The summed E-state index contributed by atoms with van der Waals surface area (Å²) in [6.45, 7) is 0. The molecular formula is C16H24BrCl2N3O. The second-order valence-corrected chi connectivity index (χ2v) is 7.13. The van der Waals surface area contributed by atoms with Gasteiger partial charge in [0.05, 0.1) is 11.4 Å². The van der Waals surface area contributed by atoms with E-state index in [9.17, 15) is 4.79 Å². The van der Waals surface area contributed by atoms with Crippen molar-refractivity contribution in [2.24, 2.45) is 11.7 Å². The zero-order valence-electron chi connectivity index (χ0n) is 12.9. The number of nitrogens with two attached hydrogens (primary N) is 1. The molecule has 7 heteroatoms. The minimum atomic E-state index is 0. The smallest absolute Gasteiger partial charge is 0.224 e. The summed E-state index contributed by atoms with van der Waals surface area (Å²) < 4.78 is 0.969. The summed E-state index contributed by atoms with van der Waals surface area (Å²) in [5.74, 6) is 0.395. The van der Waals surface area contributed by atoms with E-state index in [-0.39, 0.29) is 36.8 Å². The predicted octanol–water partition coefficient (Wildman–Crippen LogP) is 4.32. The van der Waals surface area contributed by atoms with Crippen LogP contribution in [0.25, 0.3) is 0 Å². The normalized spacial score (nSPS) is 22.7. The molecule has 4 nitrogen and oxygen atoms in total. The van der Waals surface area contributed by atoms with Crippen molar-refractivity contribution in [1.82, 2.24) is 0 Å². The van der Waals surface area contributed by atoms with Crippen molar-refractivity contribution in [3.05, 3.63) is 22.7 Å². The molecular weight excluding hydrogens is 401 g/mol. The maximum absolute atomic E-state index is 12.3. The molecule has 130 valence electrons. The van der Waals surface area contributed by atoms with E-state index in [1.807, 2.05) is 18.2 Å². The van der Waals surface area contributed by atoms with Crippen molar-refractivity contribution in [3.8, 4) is 0 Å². The molecule has 1 amide bonds. The molecule has 2 aliphatic carbocycles. The molecule has 4 N–H and O–H groups in total. The molecule has 2 saturated carbocycles. The van der Waals surface area contributed by atoms with Gasteiger partial charge >= 0.3 is 0 Å². The number of benzene rings is 1. The van der Waals surface area contributed by atoms with Gasteiger partial charge in [-0.15, -0.1) is 24.8 Å². The van der Waals surface area contributed by atoms with Gasteiger partial charge in [-0.2, -0.15) is 0 Å². The zero-order chi connectivity index (χ0) is 14.8. The van der Waals surface area contributed by atoms with Crippen LogP contribution in [0.4, 0.5) is 11.4 Å². The maximum Gasteiger partial charge on any atom is 0.224 e. The van der Waals surface area contributed by atoms with Gasteiger partial charge in [0.1, 0.15) is 0 Å². The molecule has 2 atom stereocenters. The Morgan fingerprint density at radius 1 is 1.17 bits per heavy atom. The van der Waals surface area contributed by atoms with Gasteiger partial charge < -0.3 is 16.4 Å². The first-order valence-corrected chi connectivity index (χ1v) is 8.52. The fourth-order valence-corrected chi connectivity index (χ4v) is 3.31. The molecule has 0 spiro atoms. The van der Waals surface area contributed by atoms with Gasteiger partial charge in [-0.1, -0.05) is 22.4 Å². The first kappa shape index (κ1) is 20.6. The van der Waals surface area contributed by atoms with Crippen molar-refractivity contribution < 1.29 is 4.79 Å². The van der Waals surface area contributed by atoms with Crippen LogP contribution < -0.4 is 16.4 Å². The van der Waals surface area contributed by atoms with Crippen molar-refractivity contribution >= 4 is 58.0 Å². The molecule has 0 unspecified atom stereocenters. The van der Waals surface area contributed by atoms with Crippen LogP contribution in [0.1, 0.15) is 38.5 Å².